The summed E-state index contributed by atoms with van der Waals surface area (Å²) in [7, 11) is 0. The third-order valence-electron chi connectivity index (χ3n) is 4.41. The van der Waals surface area contributed by atoms with Gasteiger partial charge in [-0.05, 0) is 41.8 Å². The van der Waals surface area contributed by atoms with Gasteiger partial charge in [0.25, 0.3) is 5.91 Å². The SMILES string of the molecule is Cc1cnc(Cl)nc1-c1cn2c(n1)C(=O)N(Cc1ccc(F)c(Cl)c1)CC2. The van der Waals surface area contributed by atoms with E-state index in [1.54, 1.807) is 27.9 Å². The monoisotopic (exact) mass is 405 g/mol. The lowest BCUT2D eigenvalue weighted by atomic mass is 10.2. The molecule has 0 bridgehead atoms. The van der Waals surface area contributed by atoms with Crippen molar-refractivity contribution in [2.45, 2.75) is 20.0 Å². The molecular formula is C18H14Cl2FN5O. The van der Waals surface area contributed by atoms with Crippen LogP contribution in [-0.2, 0) is 13.1 Å². The molecule has 0 saturated carbocycles. The molecule has 138 valence electrons. The second-order valence-electron chi connectivity index (χ2n) is 6.29. The van der Waals surface area contributed by atoms with E-state index >= 15 is 0 Å². The smallest absolute Gasteiger partial charge is 0.290 e. The van der Waals surface area contributed by atoms with E-state index < -0.39 is 5.82 Å². The topological polar surface area (TPSA) is 63.9 Å². The lowest BCUT2D eigenvalue weighted by Gasteiger charge is -2.27. The van der Waals surface area contributed by atoms with E-state index in [0.29, 0.717) is 36.8 Å². The summed E-state index contributed by atoms with van der Waals surface area (Å²) in [6.07, 6.45) is 3.42. The number of halogens is 3. The summed E-state index contributed by atoms with van der Waals surface area (Å²) in [5.74, 6) is -0.353. The van der Waals surface area contributed by atoms with Crippen molar-refractivity contribution in [3.63, 3.8) is 0 Å². The molecule has 1 aromatic carbocycles. The average molecular weight is 406 g/mol. The molecule has 0 N–H and O–H groups in total. The minimum atomic E-state index is -0.482. The van der Waals surface area contributed by atoms with Gasteiger partial charge in [-0.3, -0.25) is 4.79 Å². The minimum absolute atomic E-state index is 0.0388. The van der Waals surface area contributed by atoms with E-state index in [1.165, 1.54) is 12.1 Å². The fraction of sp³-hybridized carbons (Fsp3) is 0.222. The predicted octanol–water partition coefficient (Wildman–Crippen LogP) is 3.75. The number of hydrogen-bond acceptors (Lipinski definition) is 4. The van der Waals surface area contributed by atoms with Crippen molar-refractivity contribution in [2.75, 3.05) is 6.54 Å². The molecule has 3 aromatic rings. The summed E-state index contributed by atoms with van der Waals surface area (Å²) in [6, 6.07) is 4.45. The Morgan fingerprint density at radius 2 is 2.04 bits per heavy atom. The van der Waals surface area contributed by atoms with Crippen LogP contribution in [0, 0.1) is 12.7 Å². The van der Waals surface area contributed by atoms with E-state index in [0.717, 1.165) is 11.1 Å². The minimum Gasteiger partial charge on any atom is -0.330 e. The van der Waals surface area contributed by atoms with Gasteiger partial charge < -0.3 is 9.47 Å². The standard InChI is InChI=1S/C18H14Cl2FN5O/c1-10-7-22-18(20)24-15(10)14-9-25-4-5-26(17(27)16(25)23-14)8-11-2-3-13(21)12(19)6-11/h2-3,6-7,9H,4-5,8H2,1H3. The number of carbonyl (C=O) groups is 1. The first-order valence-electron chi connectivity index (χ1n) is 8.22. The normalized spacial score (nSPS) is 13.8. The van der Waals surface area contributed by atoms with Crippen molar-refractivity contribution in [1.29, 1.82) is 0 Å². The Bertz CT molecular complexity index is 1050. The highest BCUT2D eigenvalue weighted by molar-refractivity contribution is 6.30. The molecule has 0 spiro atoms. The molecule has 27 heavy (non-hydrogen) atoms. The molecule has 4 rings (SSSR count). The van der Waals surface area contributed by atoms with Crippen LogP contribution in [0.5, 0.6) is 0 Å². The molecule has 9 heteroatoms. The fourth-order valence-corrected chi connectivity index (χ4v) is 3.37. The van der Waals surface area contributed by atoms with Crippen LogP contribution >= 0.6 is 23.2 Å². The number of hydrogen-bond donors (Lipinski definition) is 0. The number of nitrogens with zero attached hydrogens (tertiary/aromatic N) is 5. The van der Waals surface area contributed by atoms with Crippen molar-refractivity contribution < 1.29 is 9.18 Å². The Morgan fingerprint density at radius 3 is 2.81 bits per heavy atom. The molecule has 1 aliphatic rings. The van der Waals surface area contributed by atoms with Gasteiger partial charge in [-0.15, -0.1) is 0 Å². The van der Waals surface area contributed by atoms with Gasteiger partial charge in [-0.1, -0.05) is 17.7 Å². The lowest BCUT2D eigenvalue weighted by molar-refractivity contribution is 0.0683. The van der Waals surface area contributed by atoms with Crippen molar-refractivity contribution >= 4 is 29.1 Å². The molecule has 6 nitrogen and oxygen atoms in total. The van der Waals surface area contributed by atoms with Crippen LogP contribution in [0.15, 0.2) is 30.6 Å². The Morgan fingerprint density at radius 1 is 1.22 bits per heavy atom. The number of benzene rings is 1. The maximum atomic E-state index is 13.3. The summed E-state index contributed by atoms with van der Waals surface area (Å²) in [5.41, 5.74) is 2.75. The number of carbonyl (C=O) groups excluding carboxylic acids is 1. The van der Waals surface area contributed by atoms with Crippen LogP contribution in [0.4, 0.5) is 4.39 Å². The number of amides is 1. The van der Waals surface area contributed by atoms with Gasteiger partial charge in [0, 0.05) is 32.0 Å². The Kier molecular flexibility index (Phi) is 4.57. The highest BCUT2D eigenvalue weighted by atomic mass is 35.5. The maximum absolute atomic E-state index is 13.3. The predicted molar refractivity (Wildman–Crippen MR) is 99.2 cm³/mol. The van der Waals surface area contributed by atoms with Crippen LogP contribution < -0.4 is 0 Å². The van der Waals surface area contributed by atoms with Crippen LogP contribution in [0.2, 0.25) is 10.3 Å². The maximum Gasteiger partial charge on any atom is 0.290 e. The third kappa shape index (κ3) is 3.40. The summed E-state index contributed by atoms with van der Waals surface area (Å²) < 4.78 is 15.1. The van der Waals surface area contributed by atoms with Crippen molar-refractivity contribution in [3.8, 4) is 11.4 Å². The molecule has 0 radical (unpaired) electrons. The summed E-state index contributed by atoms with van der Waals surface area (Å²) in [6.45, 7) is 3.30. The van der Waals surface area contributed by atoms with Crippen molar-refractivity contribution in [2.24, 2.45) is 0 Å². The number of rotatable bonds is 3. The van der Waals surface area contributed by atoms with Crippen LogP contribution in [-0.4, -0.2) is 36.9 Å². The van der Waals surface area contributed by atoms with E-state index in [9.17, 15) is 9.18 Å². The van der Waals surface area contributed by atoms with E-state index in [1.807, 2.05) is 6.92 Å². The number of fused-ring (bicyclic) bond motifs is 1. The Balaban J connectivity index is 1.61. The summed E-state index contributed by atoms with van der Waals surface area (Å²) in [4.78, 5) is 27.1. The van der Waals surface area contributed by atoms with E-state index in [-0.39, 0.29) is 16.2 Å². The highest BCUT2D eigenvalue weighted by Crippen LogP contribution is 2.25. The van der Waals surface area contributed by atoms with Gasteiger partial charge in [0.15, 0.2) is 5.82 Å². The van der Waals surface area contributed by atoms with Crippen LogP contribution in [0.25, 0.3) is 11.4 Å². The van der Waals surface area contributed by atoms with E-state index in [2.05, 4.69) is 15.0 Å². The fourth-order valence-electron chi connectivity index (χ4n) is 3.03. The van der Waals surface area contributed by atoms with Gasteiger partial charge in [0.1, 0.15) is 11.5 Å². The number of aromatic nitrogens is 4. The highest BCUT2D eigenvalue weighted by Gasteiger charge is 2.28. The first kappa shape index (κ1) is 17.9. The second kappa shape index (κ2) is 6.90. The Hall–Kier alpha value is -2.51. The van der Waals surface area contributed by atoms with Gasteiger partial charge >= 0.3 is 0 Å². The molecular weight excluding hydrogens is 392 g/mol. The molecule has 0 fully saturated rings. The van der Waals surface area contributed by atoms with E-state index in [4.69, 9.17) is 23.2 Å². The zero-order chi connectivity index (χ0) is 19.1. The molecule has 3 heterocycles. The first-order valence-corrected chi connectivity index (χ1v) is 8.98. The molecule has 0 saturated heterocycles. The molecule has 0 unspecified atom stereocenters. The van der Waals surface area contributed by atoms with Gasteiger partial charge in [-0.25, -0.2) is 19.3 Å². The third-order valence-corrected chi connectivity index (χ3v) is 4.88. The average Bonchev–Trinajstić information content (AvgIpc) is 3.07. The molecule has 1 aliphatic heterocycles. The molecule has 2 aromatic heterocycles. The molecule has 0 aliphatic carbocycles. The zero-order valence-electron chi connectivity index (χ0n) is 14.3. The van der Waals surface area contributed by atoms with Gasteiger partial charge in [0.2, 0.25) is 5.28 Å². The summed E-state index contributed by atoms with van der Waals surface area (Å²) in [5, 5.41) is 0.166. The van der Waals surface area contributed by atoms with Crippen LogP contribution in [0.1, 0.15) is 21.7 Å². The van der Waals surface area contributed by atoms with Crippen molar-refractivity contribution in [1.82, 2.24) is 24.4 Å². The second-order valence-corrected chi connectivity index (χ2v) is 7.03. The van der Waals surface area contributed by atoms with Gasteiger partial charge in [-0.2, -0.15) is 0 Å². The first-order chi connectivity index (χ1) is 12.9. The van der Waals surface area contributed by atoms with Crippen LogP contribution in [0.3, 0.4) is 0 Å². The molecule has 1 amide bonds. The zero-order valence-corrected chi connectivity index (χ0v) is 15.8. The quantitative estimate of drug-likeness (QED) is 0.622. The molecule has 0 atom stereocenters. The number of imidazole rings is 1. The van der Waals surface area contributed by atoms with Gasteiger partial charge in [0.05, 0.1) is 10.7 Å². The number of aryl methyl sites for hydroxylation is 1. The Labute approximate surface area is 164 Å². The largest absolute Gasteiger partial charge is 0.330 e. The lowest BCUT2D eigenvalue weighted by Crippen LogP contribution is -2.39. The van der Waals surface area contributed by atoms with Crippen molar-refractivity contribution in [3.05, 3.63) is 63.7 Å². The summed E-state index contributed by atoms with van der Waals surface area (Å²) >= 11 is 11.7.